The number of hydrogen-bond acceptors (Lipinski definition) is 5. The minimum Gasteiger partial charge on any atom is -0.423 e. The minimum absolute atomic E-state index is 0.296. The normalized spacial score (nSPS) is 23.0. The third-order valence-electron chi connectivity index (χ3n) is 4.79. The second kappa shape index (κ2) is 5.72. The Morgan fingerprint density at radius 2 is 2.04 bits per heavy atom. The van der Waals surface area contributed by atoms with Gasteiger partial charge in [0.15, 0.2) is 0 Å². The zero-order chi connectivity index (χ0) is 15.9. The van der Waals surface area contributed by atoms with E-state index in [4.69, 9.17) is 4.42 Å². The lowest BCUT2D eigenvalue weighted by Crippen LogP contribution is -2.40. The number of nitrogens with zero attached hydrogens (tertiary/aromatic N) is 3. The molecule has 1 aliphatic carbocycles. The van der Waals surface area contributed by atoms with Crippen LogP contribution in [0.25, 0.3) is 11.5 Å². The third kappa shape index (κ3) is 2.90. The van der Waals surface area contributed by atoms with E-state index in [1.807, 2.05) is 0 Å². The fraction of sp³-hybridized carbons (Fsp3) is 0.500. The van der Waals surface area contributed by atoms with E-state index in [0.717, 1.165) is 18.8 Å². The van der Waals surface area contributed by atoms with Crippen molar-refractivity contribution in [3.8, 4) is 11.5 Å². The molecule has 2 aliphatic rings. The molecule has 0 N–H and O–H groups in total. The van der Waals surface area contributed by atoms with Crippen molar-refractivity contribution in [1.29, 1.82) is 0 Å². The number of piperidine rings is 1. The van der Waals surface area contributed by atoms with Gasteiger partial charge in [-0.2, -0.15) is 4.31 Å². The molecule has 0 spiro atoms. The monoisotopic (exact) mass is 333 g/mol. The molecule has 1 saturated carbocycles. The van der Waals surface area contributed by atoms with Crippen molar-refractivity contribution in [3.05, 3.63) is 30.7 Å². The first-order chi connectivity index (χ1) is 11.1. The molecule has 1 atom stereocenters. The van der Waals surface area contributed by atoms with E-state index in [1.165, 1.54) is 19.2 Å². The van der Waals surface area contributed by atoms with Gasteiger partial charge in [-0.3, -0.25) is 0 Å². The van der Waals surface area contributed by atoms with Gasteiger partial charge in [0, 0.05) is 18.7 Å². The van der Waals surface area contributed by atoms with Gasteiger partial charge in [0.05, 0.1) is 4.90 Å². The lowest BCUT2D eigenvalue weighted by Gasteiger charge is -2.32. The summed E-state index contributed by atoms with van der Waals surface area (Å²) >= 11 is 0. The number of hydrogen-bond donors (Lipinski definition) is 0. The Balaban J connectivity index is 1.61. The Labute approximate surface area is 135 Å². The molecule has 0 bridgehead atoms. The predicted octanol–water partition coefficient (Wildman–Crippen LogP) is 2.55. The largest absolute Gasteiger partial charge is 0.423 e. The van der Waals surface area contributed by atoms with Crippen LogP contribution in [0.3, 0.4) is 0 Å². The predicted molar refractivity (Wildman–Crippen MR) is 83.9 cm³/mol. The summed E-state index contributed by atoms with van der Waals surface area (Å²) in [7, 11) is -3.47. The van der Waals surface area contributed by atoms with E-state index >= 15 is 0 Å². The van der Waals surface area contributed by atoms with E-state index in [9.17, 15) is 8.42 Å². The van der Waals surface area contributed by atoms with E-state index in [2.05, 4.69) is 10.2 Å². The van der Waals surface area contributed by atoms with Crippen molar-refractivity contribution < 1.29 is 12.8 Å². The molecular weight excluding hydrogens is 314 g/mol. The first-order valence-corrected chi connectivity index (χ1v) is 9.45. The fourth-order valence-corrected chi connectivity index (χ4v) is 4.96. The molecule has 4 rings (SSSR count). The van der Waals surface area contributed by atoms with Crippen molar-refractivity contribution in [2.24, 2.45) is 11.8 Å². The van der Waals surface area contributed by atoms with Crippen LogP contribution in [0.15, 0.2) is 40.0 Å². The van der Waals surface area contributed by atoms with E-state index < -0.39 is 10.0 Å². The maximum absolute atomic E-state index is 13.0. The lowest BCUT2D eigenvalue weighted by atomic mass is 9.95. The summed E-state index contributed by atoms with van der Waals surface area (Å²) in [6.07, 6.45) is 5.85. The van der Waals surface area contributed by atoms with Crippen LogP contribution in [0.5, 0.6) is 0 Å². The zero-order valence-electron chi connectivity index (χ0n) is 12.8. The number of rotatable bonds is 4. The average Bonchev–Trinajstić information content (AvgIpc) is 3.29. The van der Waals surface area contributed by atoms with E-state index in [-0.39, 0.29) is 0 Å². The Kier molecular flexibility index (Phi) is 3.69. The Morgan fingerprint density at radius 3 is 2.78 bits per heavy atom. The second-order valence-corrected chi connectivity index (χ2v) is 8.31. The SMILES string of the molecule is O=S(=O)(c1cccc(-c2nnco2)c1)N1CCCC(C2CC2)C1. The van der Waals surface area contributed by atoms with Crippen LogP contribution >= 0.6 is 0 Å². The smallest absolute Gasteiger partial charge is 0.247 e. The molecule has 7 heteroatoms. The van der Waals surface area contributed by atoms with Crippen LogP contribution in [0.4, 0.5) is 0 Å². The molecule has 2 heterocycles. The van der Waals surface area contributed by atoms with E-state index in [0.29, 0.717) is 35.4 Å². The Bertz CT molecular complexity index is 785. The molecule has 1 aromatic carbocycles. The van der Waals surface area contributed by atoms with Gasteiger partial charge in [-0.25, -0.2) is 8.42 Å². The quantitative estimate of drug-likeness (QED) is 0.859. The van der Waals surface area contributed by atoms with Gasteiger partial charge in [0.1, 0.15) is 0 Å². The molecule has 1 aromatic heterocycles. The maximum Gasteiger partial charge on any atom is 0.247 e. The van der Waals surface area contributed by atoms with Crippen LogP contribution in [0.1, 0.15) is 25.7 Å². The van der Waals surface area contributed by atoms with Crippen LogP contribution in [0, 0.1) is 11.8 Å². The number of benzene rings is 1. The first kappa shape index (κ1) is 14.8. The molecule has 2 aromatic rings. The zero-order valence-corrected chi connectivity index (χ0v) is 13.6. The summed E-state index contributed by atoms with van der Waals surface area (Å²) in [4.78, 5) is 0.296. The van der Waals surface area contributed by atoms with Crippen molar-refractivity contribution in [2.45, 2.75) is 30.6 Å². The molecule has 6 nitrogen and oxygen atoms in total. The fourth-order valence-electron chi connectivity index (χ4n) is 3.38. The Morgan fingerprint density at radius 1 is 1.17 bits per heavy atom. The molecule has 23 heavy (non-hydrogen) atoms. The van der Waals surface area contributed by atoms with Gasteiger partial charge >= 0.3 is 0 Å². The number of aromatic nitrogens is 2. The molecule has 0 radical (unpaired) electrons. The molecular formula is C16H19N3O3S. The first-order valence-electron chi connectivity index (χ1n) is 8.01. The standard InChI is InChI=1S/C16H19N3O3S/c20-23(21,19-8-2-4-14(10-19)12-6-7-12)15-5-1-3-13(9-15)16-18-17-11-22-16/h1,3,5,9,11-12,14H,2,4,6-8,10H2. The van der Waals surface area contributed by atoms with Crippen molar-refractivity contribution in [2.75, 3.05) is 13.1 Å². The van der Waals surface area contributed by atoms with Gasteiger partial charge in [0.2, 0.25) is 22.3 Å². The van der Waals surface area contributed by atoms with Gasteiger partial charge in [-0.05, 0) is 55.7 Å². The highest BCUT2D eigenvalue weighted by Crippen LogP contribution is 2.41. The summed E-state index contributed by atoms with van der Waals surface area (Å²) in [5, 5.41) is 7.48. The Hall–Kier alpha value is -1.73. The highest BCUT2D eigenvalue weighted by Gasteiger charge is 2.37. The average molecular weight is 333 g/mol. The topological polar surface area (TPSA) is 76.3 Å². The van der Waals surface area contributed by atoms with Crippen molar-refractivity contribution in [3.63, 3.8) is 0 Å². The van der Waals surface area contributed by atoms with Gasteiger partial charge in [-0.1, -0.05) is 6.07 Å². The van der Waals surface area contributed by atoms with Crippen LogP contribution in [0.2, 0.25) is 0 Å². The molecule has 2 fully saturated rings. The summed E-state index contributed by atoms with van der Waals surface area (Å²) in [5.74, 6) is 1.59. The highest BCUT2D eigenvalue weighted by molar-refractivity contribution is 7.89. The number of sulfonamides is 1. The summed E-state index contributed by atoms with van der Waals surface area (Å²) in [6.45, 7) is 1.26. The highest BCUT2D eigenvalue weighted by atomic mass is 32.2. The van der Waals surface area contributed by atoms with Gasteiger partial charge in [-0.15, -0.1) is 10.2 Å². The summed E-state index contributed by atoms with van der Waals surface area (Å²) in [5.41, 5.74) is 0.624. The van der Waals surface area contributed by atoms with Crippen molar-refractivity contribution in [1.82, 2.24) is 14.5 Å². The van der Waals surface area contributed by atoms with Crippen LogP contribution in [-0.4, -0.2) is 36.0 Å². The molecule has 1 aliphatic heterocycles. The maximum atomic E-state index is 13.0. The van der Waals surface area contributed by atoms with Crippen molar-refractivity contribution >= 4 is 10.0 Å². The summed E-state index contributed by atoms with van der Waals surface area (Å²) in [6, 6.07) is 6.74. The van der Waals surface area contributed by atoms with Gasteiger partial charge < -0.3 is 4.42 Å². The van der Waals surface area contributed by atoms with Gasteiger partial charge in [0.25, 0.3) is 0 Å². The van der Waals surface area contributed by atoms with Crippen LogP contribution in [-0.2, 0) is 10.0 Å². The van der Waals surface area contributed by atoms with Crippen LogP contribution < -0.4 is 0 Å². The molecule has 1 unspecified atom stereocenters. The molecule has 122 valence electrons. The molecule has 1 saturated heterocycles. The lowest BCUT2D eigenvalue weighted by molar-refractivity contribution is 0.245. The second-order valence-electron chi connectivity index (χ2n) is 6.37. The minimum atomic E-state index is -3.47. The third-order valence-corrected chi connectivity index (χ3v) is 6.65. The van der Waals surface area contributed by atoms with E-state index in [1.54, 1.807) is 28.6 Å². The molecule has 0 amide bonds. The summed E-state index contributed by atoms with van der Waals surface area (Å²) < 4.78 is 32.7.